The minimum Gasteiger partial charge on any atom is -0.388 e. The molecule has 0 heterocycles. The zero-order valence-corrected chi connectivity index (χ0v) is 22.7. The second-order valence-corrected chi connectivity index (χ2v) is 11.0. The van der Waals surface area contributed by atoms with Crippen molar-refractivity contribution in [1.82, 2.24) is 0 Å². The molecule has 2 N–H and O–H groups in total. The molecule has 188 valence electrons. The van der Waals surface area contributed by atoms with E-state index in [-0.39, 0.29) is 16.3 Å². The second-order valence-electron chi connectivity index (χ2n) is 8.30. The van der Waals surface area contributed by atoms with Gasteiger partial charge in [0.2, 0.25) is 5.91 Å². The number of nitrogens with zero attached hydrogens (tertiary/aromatic N) is 1. The van der Waals surface area contributed by atoms with Crippen molar-refractivity contribution in [2.75, 3.05) is 29.6 Å². The van der Waals surface area contributed by atoms with Crippen molar-refractivity contribution in [3.05, 3.63) is 86.6 Å². The molecule has 3 aromatic carbocycles. The molecule has 2 amide bonds. The zero-order chi connectivity index (χ0) is 26.4. The monoisotopic (exact) mass is 587 g/mol. The summed E-state index contributed by atoms with van der Waals surface area (Å²) < 4.78 is 13.2. The summed E-state index contributed by atoms with van der Waals surface area (Å²) in [7, 11) is 3.09. The zero-order valence-electron chi connectivity index (χ0n) is 18.9. The molecule has 3 aromatic rings. The minimum absolute atomic E-state index is 0.0690. The fourth-order valence-electron chi connectivity index (χ4n) is 4.03. The van der Waals surface area contributed by atoms with Crippen LogP contribution in [0.4, 0.5) is 21.5 Å². The van der Waals surface area contributed by atoms with Gasteiger partial charge < -0.3 is 15.5 Å². The van der Waals surface area contributed by atoms with Gasteiger partial charge in [-0.25, -0.2) is 4.39 Å². The molecule has 36 heavy (non-hydrogen) atoms. The summed E-state index contributed by atoms with van der Waals surface area (Å²) in [6.45, 7) is 0. The first-order valence-electron chi connectivity index (χ1n) is 10.6. The van der Waals surface area contributed by atoms with Crippen LogP contribution in [0.3, 0.4) is 0 Å². The molecule has 1 aliphatic carbocycles. The second kappa shape index (κ2) is 10.3. The third-order valence-corrected chi connectivity index (χ3v) is 7.65. The smallest absolute Gasteiger partial charge is 0.259 e. The number of benzene rings is 3. The van der Waals surface area contributed by atoms with Crippen molar-refractivity contribution in [1.29, 1.82) is 0 Å². The number of carbonyl (C=O) groups is 2. The number of rotatable bonds is 6. The van der Waals surface area contributed by atoms with Crippen LogP contribution in [0.15, 0.2) is 54.6 Å². The number of alkyl halides is 2. The molecule has 0 bridgehead atoms. The normalized spacial score (nSPS) is 17.9. The van der Waals surface area contributed by atoms with Crippen molar-refractivity contribution >= 4 is 86.9 Å². The molecule has 1 saturated carbocycles. The lowest BCUT2D eigenvalue weighted by Gasteiger charge is -2.20. The van der Waals surface area contributed by atoms with E-state index in [1.165, 1.54) is 37.4 Å². The van der Waals surface area contributed by atoms with Gasteiger partial charge in [-0.3, -0.25) is 9.59 Å². The van der Waals surface area contributed by atoms with Crippen molar-refractivity contribution in [2.45, 2.75) is 10.3 Å². The minimum atomic E-state index is -1.36. The van der Waals surface area contributed by atoms with Crippen LogP contribution in [0.25, 0.3) is 0 Å². The molecule has 1 aliphatic rings. The van der Waals surface area contributed by atoms with Gasteiger partial charge in [0.25, 0.3) is 5.91 Å². The fraction of sp³-hybridized carbons (Fsp3) is 0.200. The van der Waals surface area contributed by atoms with E-state index in [1.54, 1.807) is 31.3 Å². The summed E-state index contributed by atoms with van der Waals surface area (Å²) in [6, 6.07) is 13.7. The molecule has 0 spiro atoms. The van der Waals surface area contributed by atoms with E-state index in [2.05, 4.69) is 10.6 Å². The van der Waals surface area contributed by atoms with Crippen LogP contribution in [0.5, 0.6) is 0 Å². The van der Waals surface area contributed by atoms with Crippen molar-refractivity contribution in [2.24, 2.45) is 5.92 Å². The number of nitrogens with one attached hydrogen (secondary N) is 2. The van der Waals surface area contributed by atoms with Gasteiger partial charge in [-0.15, -0.1) is 23.2 Å². The molecule has 1 fully saturated rings. The van der Waals surface area contributed by atoms with E-state index >= 15 is 0 Å². The molecule has 0 aromatic heterocycles. The van der Waals surface area contributed by atoms with Gasteiger partial charge in [0.05, 0.1) is 22.2 Å². The maximum Gasteiger partial charge on any atom is 0.259 e. The van der Waals surface area contributed by atoms with Crippen molar-refractivity contribution in [3.63, 3.8) is 0 Å². The highest BCUT2D eigenvalue weighted by Crippen LogP contribution is 2.65. The van der Waals surface area contributed by atoms with Crippen LogP contribution in [0.1, 0.15) is 21.8 Å². The highest BCUT2D eigenvalue weighted by molar-refractivity contribution is 6.53. The Labute approximate surface area is 232 Å². The summed E-state index contributed by atoms with van der Waals surface area (Å²) >= 11 is 31.3. The number of hydrogen-bond acceptors (Lipinski definition) is 3. The van der Waals surface area contributed by atoms with Gasteiger partial charge >= 0.3 is 0 Å². The lowest BCUT2D eigenvalue weighted by Crippen LogP contribution is -2.27. The highest BCUT2D eigenvalue weighted by atomic mass is 35.5. The first kappa shape index (κ1) is 26.8. The summed E-state index contributed by atoms with van der Waals surface area (Å²) in [6.07, 6.45) is 0. The number of anilines is 3. The average Bonchev–Trinajstić information content (AvgIpc) is 3.40. The molecule has 11 heteroatoms. The Balaban J connectivity index is 1.54. The van der Waals surface area contributed by atoms with Crippen LogP contribution < -0.4 is 15.5 Å². The van der Waals surface area contributed by atoms with Gasteiger partial charge in [0.1, 0.15) is 10.2 Å². The van der Waals surface area contributed by atoms with E-state index in [9.17, 15) is 14.0 Å². The lowest BCUT2D eigenvalue weighted by molar-refractivity contribution is -0.117. The van der Waals surface area contributed by atoms with Gasteiger partial charge in [-0.05, 0) is 60.2 Å². The van der Waals surface area contributed by atoms with Crippen LogP contribution in [0.2, 0.25) is 15.1 Å². The molecule has 2 atom stereocenters. The summed E-state index contributed by atoms with van der Waals surface area (Å²) in [5, 5.41) is 6.50. The Hall–Kier alpha value is -2.22. The van der Waals surface area contributed by atoms with E-state index in [1.807, 2.05) is 0 Å². The Kier molecular flexibility index (Phi) is 7.65. The first-order chi connectivity index (χ1) is 16.9. The van der Waals surface area contributed by atoms with Crippen LogP contribution in [-0.4, -0.2) is 30.2 Å². The summed E-state index contributed by atoms with van der Waals surface area (Å²) in [4.78, 5) is 27.3. The summed E-state index contributed by atoms with van der Waals surface area (Å²) in [5.41, 5.74) is 1.64. The van der Waals surface area contributed by atoms with Gasteiger partial charge in [0, 0.05) is 41.4 Å². The first-order valence-corrected chi connectivity index (χ1v) is 12.5. The maximum atomic E-state index is 14.5. The number of carbonyl (C=O) groups excluding carboxylic acids is 2. The quantitative estimate of drug-likeness (QED) is 0.291. The topological polar surface area (TPSA) is 61.4 Å². The van der Waals surface area contributed by atoms with Gasteiger partial charge in [-0.2, -0.15) is 0 Å². The Morgan fingerprint density at radius 3 is 2.19 bits per heavy atom. The van der Waals surface area contributed by atoms with Crippen molar-refractivity contribution < 1.29 is 14.0 Å². The van der Waals surface area contributed by atoms with E-state index < -0.39 is 33.8 Å². The molecule has 2 unspecified atom stereocenters. The van der Waals surface area contributed by atoms with Crippen molar-refractivity contribution in [3.8, 4) is 0 Å². The largest absolute Gasteiger partial charge is 0.388 e. The molecule has 0 aliphatic heterocycles. The van der Waals surface area contributed by atoms with Gasteiger partial charge in [0.15, 0.2) is 0 Å². The Morgan fingerprint density at radius 2 is 1.58 bits per heavy atom. The van der Waals surface area contributed by atoms with Crippen LogP contribution >= 0.6 is 58.0 Å². The molecular formula is C25H19Cl5FN3O2. The lowest BCUT2D eigenvalue weighted by atomic mass is 10.1. The van der Waals surface area contributed by atoms with E-state index in [0.717, 1.165) is 4.90 Å². The number of amides is 2. The summed E-state index contributed by atoms with van der Waals surface area (Å²) in [5.74, 6) is -2.91. The molecule has 4 rings (SSSR count). The molecule has 0 radical (unpaired) electrons. The third kappa shape index (κ3) is 5.24. The average molecular weight is 590 g/mol. The predicted octanol–water partition coefficient (Wildman–Crippen LogP) is 7.63. The third-order valence-electron chi connectivity index (χ3n) is 5.95. The van der Waals surface area contributed by atoms with Crippen LogP contribution in [0, 0.1) is 11.7 Å². The standard InChI is InChI=1S/C25H19Cl5FN3O2/c1-32-15-4-6-20(19(31)11-15)34(2)24(36)17-10-16(3-5-18(17)28)33-23(35)22-21(25(22,29)30)12-7-13(26)9-14(27)8-12/h3-11,21-22,32H,1-2H3,(H,33,35). The van der Waals surface area contributed by atoms with E-state index in [0.29, 0.717) is 27.0 Å². The molecule has 5 nitrogen and oxygen atoms in total. The highest BCUT2D eigenvalue weighted by Gasteiger charge is 2.67. The number of halogens is 6. The molecular weight excluding hydrogens is 571 g/mol. The molecule has 0 saturated heterocycles. The number of hydrogen-bond donors (Lipinski definition) is 2. The Morgan fingerprint density at radius 1 is 0.944 bits per heavy atom. The van der Waals surface area contributed by atoms with Crippen LogP contribution in [-0.2, 0) is 4.79 Å². The predicted molar refractivity (Wildman–Crippen MR) is 146 cm³/mol. The SMILES string of the molecule is CNc1ccc(N(C)C(=O)c2cc(NC(=O)C3C(c4cc(Cl)cc(Cl)c4)C3(Cl)Cl)ccc2Cl)c(F)c1. The fourth-order valence-corrected chi connectivity index (χ4v) is 5.60. The van der Waals surface area contributed by atoms with E-state index in [4.69, 9.17) is 58.0 Å². The maximum absolute atomic E-state index is 14.5. The Bertz CT molecular complexity index is 1350. The van der Waals surface area contributed by atoms with Gasteiger partial charge in [-0.1, -0.05) is 34.8 Å².